The quantitative estimate of drug-likeness (QED) is 0.190. The zero-order valence-corrected chi connectivity index (χ0v) is 27.3. The molecule has 0 aliphatic heterocycles. The molecule has 51 heavy (non-hydrogen) atoms. The summed E-state index contributed by atoms with van der Waals surface area (Å²) in [6.07, 6.45) is 0. The van der Waals surface area contributed by atoms with Gasteiger partial charge >= 0.3 is 0 Å². The van der Waals surface area contributed by atoms with Crippen molar-refractivity contribution < 1.29 is 4.42 Å². The second kappa shape index (κ2) is 10.8. The van der Waals surface area contributed by atoms with Crippen LogP contribution in [0.1, 0.15) is 0 Å². The lowest BCUT2D eigenvalue weighted by Crippen LogP contribution is -2.01. The molecule has 4 heteroatoms. The minimum Gasteiger partial charge on any atom is -0.456 e. The molecular formula is C47H27N3O. The highest BCUT2D eigenvalue weighted by Gasteiger charge is 2.24. The average molecular weight is 650 g/mol. The van der Waals surface area contributed by atoms with Crippen LogP contribution in [0.3, 0.4) is 0 Å². The molecule has 10 aromatic rings. The van der Waals surface area contributed by atoms with Crippen LogP contribution in [-0.2, 0) is 0 Å². The van der Waals surface area contributed by atoms with Crippen molar-refractivity contribution >= 4 is 43.5 Å². The predicted molar refractivity (Wildman–Crippen MR) is 208 cm³/mol. The maximum absolute atomic E-state index is 6.30. The molecule has 4 nitrogen and oxygen atoms in total. The molecule has 0 unspecified atom stereocenters. The van der Waals surface area contributed by atoms with E-state index in [2.05, 4.69) is 146 Å². The van der Waals surface area contributed by atoms with E-state index in [9.17, 15) is 0 Å². The van der Waals surface area contributed by atoms with E-state index in [1.54, 1.807) is 0 Å². The minimum absolute atomic E-state index is 0.620. The third kappa shape index (κ3) is 4.23. The first-order valence-electron chi connectivity index (χ1n) is 17.2. The monoisotopic (exact) mass is 649 g/mol. The van der Waals surface area contributed by atoms with Gasteiger partial charge in [-0.2, -0.15) is 0 Å². The van der Waals surface area contributed by atoms with Gasteiger partial charge in [-0.25, -0.2) is 15.0 Å². The number of para-hydroxylation sites is 1. The molecule has 2 aromatic heterocycles. The Morgan fingerprint density at radius 3 is 1.67 bits per heavy atom. The minimum atomic E-state index is 0.620. The van der Waals surface area contributed by atoms with Crippen molar-refractivity contribution in [3.63, 3.8) is 0 Å². The molecule has 0 radical (unpaired) electrons. The number of benzene rings is 8. The largest absolute Gasteiger partial charge is 0.456 e. The highest BCUT2D eigenvalue weighted by Crippen LogP contribution is 2.49. The Kier molecular flexibility index (Phi) is 5.92. The Labute approximate surface area is 293 Å². The molecular weight excluding hydrogens is 623 g/mol. The number of nitrogens with zero attached hydrogens (tertiary/aromatic N) is 3. The molecule has 1 aliphatic rings. The first kappa shape index (κ1) is 28.0. The molecule has 1 aliphatic carbocycles. The van der Waals surface area contributed by atoms with Gasteiger partial charge in [-0.3, -0.25) is 0 Å². The van der Waals surface area contributed by atoms with Crippen molar-refractivity contribution in [2.45, 2.75) is 0 Å². The summed E-state index contributed by atoms with van der Waals surface area (Å²) < 4.78 is 6.30. The summed E-state index contributed by atoms with van der Waals surface area (Å²) in [7, 11) is 0. The zero-order chi connectivity index (χ0) is 33.5. The molecule has 0 fully saturated rings. The second-order valence-corrected chi connectivity index (χ2v) is 13.1. The maximum Gasteiger partial charge on any atom is 0.164 e. The van der Waals surface area contributed by atoms with Gasteiger partial charge in [0, 0.05) is 27.5 Å². The molecule has 11 rings (SSSR count). The van der Waals surface area contributed by atoms with Gasteiger partial charge in [0.2, 0.25) is 0 Å². The number of fused-ring (bicyclic) bond motifs is 7. The number of hydrogen-bond acceptors (Lipinski definition) is 4. The molecule has 8 aromatic carbocycles. The van der Waals surface area contributed by atoms with Crippen molar-refractivity contribution in [2.24, 2.45) is 0 Å². The van der Waals surface area contributed by atoms with Crippen LogP contribution in [-0.4, -0.2) is 15.0 Å². The van der Waals surface area contributed by atoms with Crippen LogP contribution < -0.4 is 0 Å². The van der Waals surface area contributed by atoms with Gasteiger partial charge in [-0.15, -0.1) is 0 Å². The topological polar surface area (TPSA) is 51.8 Å². The molecule has 0 amide bonds. The highest BCUT2D eigenvalue weighted by molar-refractivity contribution is 6.18. The molecule has 2 heterocycles. The van der Waals surface area contributed by atoms with Crippen LogP contribution in [0.5, 0.6) is 0 Å². The predicted octanol–water partition coefficient (Wildman–Crippen LogP) is 12.4. The SMILES string of the molecule is c1ccc(-c2cccc3oc4ccccc4c23)c(-c2nc(-c3ccc4ccccc4c3)nc(-c3ccc4c5c(cccc35)-c3ccccc3-4)n2)c1. The summed E-state index contributed by atoms with van der Waals surface area (Å²) in [5, 5.41) is 6.85. The lowest BCUT2D eigenvalue weighted by atomic mass is 9.95. The van der Waals surface area contributed by atoms with E-state index in [-0.39, 0.29) is 0 Å². The van der Waals surface area contributed by atoms with E-state index in [4.69, 9.17) is 19.4 Å². The third-order valence-electron chi connectivity index (χ3n) is 10.3. The van der Waals surface area contributed by atoms with Crippen molar-refractivity contribution in [2.75, 3.05) is 0 Å². The maximum atomic E-state index is 6.30. The van der Waals surface area contributed by atoms with Gasteiger partial charge in [0.25, 0.3) is 0 Å². The summed E-state index contributed by atoms with van der Waals surface area (Å²) in [6.45, 7) is 0. The Morgan fingerprint density at radius 1 is 0.314 bits per heavy atom. The van der Waals surface area contributed by atoms with E-state index in [1.165, 1.54) is 33.0 Å². The van der Waals surface area contributed by atoms with Gasteiger partial charge in [0.1, 0.15) is 11.2 Å². The summed E-state index contributed by atoms with van der Waals surface area (Å²) in [5.74, 6) is 1.90. The van der Waals surface area contributed by atoms with Crippen LogP contribution in [0.25, 0.3) is 111 Å². The highest BCUT2D eigenvalue weighted by atomic mass is 16.3. The van der Waals surface area contributed by atoms with E-state index in [1.807, 2.05) is 18.2 Å². The number of rotatable bonds is 4. The summed E-state index contributed by atoms with van der Waals surface area (Å²) in [6, 6.07) is 57.3. The molecule has 0 atom stereocenters. The number of aromatic nitrogens is 3. The first-order chi connectivity index (χ1) is 25.3. The molecule has 0 N–H and O–H groups in total. The zero-order valence-electron chi connectivity index (χ0n) is 27.3. The van der Waals surface area contributed by atoms with Gasteiger partial charge < -0.3 is 4.42 Å². The van der Waals surface area contributed by atoms with Gasteiger partial charge in [0.15, 0.2) is 17.5 Å². The Hall–Kier alpha value is -6.91. The summed E-state index contributed by atoms with van der Waals surface area (Å²) in [5.41, 5.74) is 11.7. The molecule has 0 saturated heterocycles. The molecule has 0 bridgehead atoms. The Balaban J connectivity index is 1.18. The van der Waals surface area contributed by atoms with Gasteiger partial charge in [-0.05, 0) is 79.2 Å². The van der Waals surface area contributed by atoms with Gasteiger partial charge in [-0.1, -0.05) is 140 Å². The molecule has 0 spiro atoms. The standard InChI is InChI=1S/C47H27N3O/c1-2-12-29-27-30(24-23-28(29)11-1)45-48-46(38-16-6-5-15-33(38)35-20-10-22-42-44(35)40-17-7-8-21-41(40)51-42)50-47(49-45)39-26-25-37-32-14-4-3-13-31(32)34-18-9-19-36(39)43(34)37/h1-27H. The normalized spacial score (nSPS) is 11.9. The van der Waals surface area contributed by atoms with Crippen LogP contribution in [0.15, 0.2) is 168 Å². The van der Waals surface area contributed by atoms with Crippen LogP contribution in [0, 0.1) is 0 Å². The Bertz CT molecular complexity index is 3020. The number of furan rings is 1. The fourth-order valence-corrected chi connectivity index (χ4v) is 7.99. The lowest BCUT2D eigenvalue weighted by Gasteiger charge is -2.14. The van der Waals surface area contributed by atoms with Gasteiger partial charge in [0.05, 0.1) is 0 Å². The van der Waals surface area contributed by atoms with Crippen molar-refractivity contribution in [3.05, 3.63) is 164 Å². The number of hydrogen-bond donors (Lipinski definition) is 0. The first-order valence-corrected chi connectivity index (χ1v) is 17.2. The molecule has 0 saturated carbocycles. The second-order valence-electron chi connectivity index (χ2n) is 13.1. The van der Waals surface area contributed by atoms with E-state index in [0.29, 0.717) is 17.5 Å². The fraction of sp³-hybridized carbons (Fsp3) is 0. The average Bonchev–Trinajstić information content (AvgIpc) is 3.75. The molecule has 236 valence electrons. The van der Waals surface area contributed by atoms with E-state index >= 15 is 0 Å². The smallest absolute Gasteiger partial charge is 0.164 e. The van der Waals surface area contributed by atoms with Crippen molar-refractivity contribution in [1.29, 1.82) is 0 Å². The van der Waals surface area contributed by atoms with E-state index in [0.717, 1.165) is 60.5 Å². The van der Waals surface area contributed by atoms with Crippen LogP contribution in [0.4, 0.5) is 0 Å². The van der Waals surface area contributed by atoms with E-state index < -0.39 is 0 Å². The van der Waals surface area contributed by atoms with Crippen LogP contribution >= 0.6 is 0 Å². The van der Waals surface area contributed by atoms with Crippen molar-refractivity contribution in [1.82, 2.24) is 15.0 Å². The fourth-order valence-electron chi connectivity index (χ4n) is 7.99. The van der Waals surface area contributed by atoms with Crippen LogP contribution in [0.2, 0.25) is 0 Å². The lowest BCUT2D eigenvalue weighted by molar-refractivity contribution is 0.669. The third-order valence-corrected chi connectivity index (χ3v) is 10.3. The summed E-state index contributed by atoms with van der Waals surface area (Å²) in [4.78, 5) is 15.8. The van der Waals surface area contributed by atoms with Crippen molar-refractivity contribution in [3.8, 4) is 67.5 Å². The Morgan fingerprint density at radius 2 is 0.843 bits per heavy atom. The summed E-state index contributed by atoms with van der Waals surface area (Å²) >= 11 is 0.